The molecule has 0 spiro atoms. The quantitative estimate of drug-likeness (QED) is 0.115. The molecule has 4 atom stereocenters. The number of phenols is 1. The lowest BCUT2D eigenvalue weighted by Gasteiger charge is -2.36. The predicted molar refractivity (Wildman–Crippen MR) is 238 cm³/mol. The second-order valence-electron chi connectivity index (χ2n) is 19.5. The summed E-state index contributed by atoms with van der Waals surface area (Å²) < 4.78 is 36.2. The number of carbonyl (C=O) groups is 2. The van der Waals surface area contributed by atoms with Gasteiger partial charge in [0.2, 0.25) is 0 Å². The van der Waals surface area contributed by atoms with Gasteiger partial charge in [-0.15, -0.1) is 5.10 Å². The second-order valence-corrected chi connectivity index (χ2v) is 19.5. The van der Waals surface area contributed by atoms with Crippen LogP contribution in [0.25, 0.3) is 32.9 Å². The molecule has 2 N–H and O–H groups in total. The number of aromatic nitrogens is 7. The molecule has 5 aliphatic rings. The number of amides is 1. The topological polar surface area (TPSA) is 174 Å². The Balaban J connectivity index is 1.01. The molecule has 3 aliphatic heterocycles. The summed E-state index contributed by atoms with van der Waals surface area (Å²) >= 11 is 0. The number of fused-ring (bicyclic) bond motifs is 4. The van der Waals surface area contributed by atoms with Crippen LogP contribution < -0.4 is 9.64 Å². The first-order valence-corrected chi connectivity index (χ1v) is 22.8. The number of rotatable bonds is 12. The molecule has 15 nitrogen and oxygen atoms in total. The van der Waals surface area contributed by atoms with Crippen LogP contribution in [-0.2, 0) is 20.7 Å². The van der Waals surface area contributed by atoms with Gasteiger partial charge >= 0.3 is 12.1 Å². The number of piperazine rings is 1. The third-order valence-electron chi connectivity index (χ3n) is 13.5. The molecule has 4 unspecified atom stereocenters. The van der Waals surface area contributed by atoms with Gasteiger partial charge < -0.3 is 33.9 Å². The third-order valence-corrected chi connectivity index (χ3v) is 13.5. The van der Waals surface area contributed by atoms with Crippen molar-refractivity contribution >= 4 is 40.0 Å². The van der Waals surface area contributed by atoms with Gasteiger partial charge in [0.1, 0.15) is 46.9 Å². The molecule has 336 valence electrons. The summed E-state index contributed by atoms with van der Waals surface area (Å²) in [5.41, 5.74) is 4.70. The highest BCUT2D eigenvalue weighted by molar-refractivity contribution is 6.06. The van der Waals surface area contributed by atoms with E-state index in [1.54, 1.807) is 10.9 Å². The first kappa shape index (κ1) is 42.1. The number of aromatic amines is 1. The fourth-order valence-corrected chi connectivity index (χ4v) is 10.00. The maximum Gasteiger partial charge on any atom is 0.410 e. The Bertz CT molecular complexity index is 2670. The van der Waals surface area contributed by atoms with E-state index in [0.717, 1.165) is 42.4 Å². The highest BCUT2D eigenvalue weighted by Crippen LogP contribution is 2.53. The largest absolute Gasteiger partial charge is 0.505 e. The van der Waals surface area contributed by atoms with Crippen LogP contribution in [0.2, 0.25) is 0 Å². The van der Waals surface area contributed by atoms with Crippen molar-refractivity contribution in [2.75, 3.05) is 31.2 Å². The standard InChI is InChI=1S/C48H56FN9O6/c1-26(2)40(25-59)58-24-39(54-55-58)29-9-6-27(7-10-29)8-13-33-37(49)20-38-36(21-50-53-38)41(33)42-34(28-11-12-28)19-35-43(44(42)60)51-46(63-32-14-16-62-17-15-32)52-45(35)56-22-31-18-30(56)23-57(31)47(61)64-48(3,4)5/h6-7,9,19-21,24-26,28-32,40,60H,8,10-18,22-23H2,1-5H3,(H,50,53). The first-order chi connectivity index (χ1) is 30.8. The molecule has 4 fully saturated rings. The minimum absolute atomic E-state index is 0.00837. The highest BCUT2D eigenvalue weighted by atomic mass is 19.1. The Hall–Kier alpha value is -5.90. The molecule has 10 rings (SSSR count). The van der Waals surface area contributed by atoms with Crippen molar-refractivity contribution in [1.29, 1.82) is 0 Å². The van der Waals surface area contributed by atoms with Gasteiger partial charge in [-0.2, -0.15) is 15.1 Å². The van der Waals surface area contributed by atoms with E-state index in [2.05, 4.69) is 49.7 Å². The van der Waals surface area contributed by atoms with Gasteiger partial charge in [0.05, 0.1) is 42.7 Å². The molecule has 0 radical (unpaired) electrons. The van der Waals surface area contributed by atoms with Crippen LogP contribution in [0.5, 0.6) is 11.8 Å². The summed E-state index contributed by atoms with van der Waals surface area (Å²) in [5.74, 6) is 0.472. The van der Waals surface area contributed by atoms with E-state index in [0.29, 0.717) is 103 Å². The average molecular weight is 874 g/mol. The fraction of sp³-hybridized carbons (Fsp3) is 0.521. The number of halogens is 1. The van der Waals surface area contributed by atoms with E-state index < -0.39 is 5.60 Å². The van der Waals surface area contributed by atoms with E-state index in [1.807, 2.05) is 45.7 Å². The van der Waals surface area contributed by atoms with Crippen molar-refractivity contribution in [1.82, 2.24) is 40.1 Å². The van der Waals surface area contributed by atoms with Gasteiger partial charge in [-0.25, -0.2) is 13.9 Å². The SMILES string of the molecule is CC(C)C(C=O)n1cc(C2C=CC(CCc3c(F)cc4[nH]ncc4c3-c3c(C4CC4)cc4c(N5CC6CC5CN6C(=O)OC(C)(C)C)nc(OC5CCOCC5)nc4c3O)=CC2)nn1. The van der Waals surface area contributed by atoms with Crippen molar-refractivity contribution < 1.29 is 33.3 Å². The number of H-pyrrole nitrogens is 1. The zero-order valence-electron chi connectivity index (χ0n) is 37.1. The second kappa shape index (κ2) is 16.6. The molecule has 5 aromatic rings. The zero-order chi connectivity index (χ0) is 44.4. The number of anilines is 1. The molecule has 2 aromatic carbocycles. The number of phenolic OH excluding ortho intramolecular Hbond substituents is 1. The fourth-order valence-electron chi connectivity index (χ4n) is 10.00. The third kappa shape index (κ3) is 7.98. The summed E-state index contributed by atoms with van der Waals surface area (Å²) in [5, 5.41) is 30.2. The summed E-state index contributed by atoms with van der Waals surface area (Å²) in [6.07, 6.45) is 16.0. The number of allylic oxidation sites excluding steroid dienone is 4. The Morgan fingerprint density at radius 1 is 1.06 bits per heavy atom. The minimum atomic E-state index is -0.606. The number of benzene rings is 2. The van der Waals surface area contributed by atoms with Crippen LogP contribution in [-0.4, -0.2) is 108 Å². The number of aldehydes is 1. The average Bonchev–Trinajstić information content (AvgIpc) is 3.58. The van der Waals surface area contributed by atoms with Gasteiger partial charge in [-0.05, 0) is 94.4 Å². The molecule has 2 bridgehead atoms. The molecular weight excluding hydrogens is 818 g/mol. The van der Waals surface area contributed by atoms with Crippen LogP contribution >= 0.6 is 0 Å². The predicted octanol–water partition coefficient (Wildman–Crippen LogP) is 8.24. The van der Waals surface area contributed by atoms with E-state index in [1.165, 1.54) is 6.07 Å². The van der Waals surface area contributed by atoms with Crippen molar-refractivity contribution in [3.63, 3.8) is 0 Å². The molecule has 3 aromatic heterocycles. The smallest absolute Gasteiger partial charge is 0.410 e. The summed E-state index contributed by atoms with van der Waals surface area (Å²) in [4.78, 5) is 39.1. The number of aromatic hydroxyl groups is 1. The lowest BCUT2D eigenvalue weighted by Crippen LogP contribution is -2.50. The lowest BCUT2D eigenvalue weighted by molar-refractivity contribution is -0.111. The van der Waals surface area contributed by atoms with E-state index >= 15 is 4.39 Å². The molecule has 2 aliphatic carbocycles. The molecule has 1 saturated carbocycles. The molecule has 16 heteroatoms. The van der Waals surface area contributed by atoms with E-state index in [9.17, 15) is 14.7 Å². The van der Waals surface area contributed by atoms with Crippen LogP contribution in [0.3, 0.4) is 0 Å². The number of hydrogen-bond donors (Lipinski definition) is 2. The van der Waals surface area contributed by atoms with Crippen LogP contribution in [0.15, 0.2) is 48.3 Å². The maximum absolute atomic E-state index is 16.7. The van der Waals surface area contributed by atoms with Gasteiger partial charge in [0.25, 0.3) is 0 Å². The Morgan fingerprint density at radius 2 is 1.88 bits per heavy atom. The Kier molecular flexibility index (Phi) is 10.9. The minimum Gasteiger partial charge on any atom is -0.505 e. The van der Waals surface area contributed by atoms with Crippen molar-refractivity contribution in [2.24, 2.45) is 5.92 Å². The van der Waals surface area contributed by atoms with E-state index in [-0.39, 0.29) is 65.7 Å². The molecule has 1 amide bonds. The van der Waals surface area contributed by atoms with Crippen molar-refractivity contribution in [2.45, 2.75) is 128 Å². The lowest BCUT2D eigenvalue weighted by atomic mass is 9.85. The van der Waals surface area contributed by atoms with Gasteiger partial charge in [0, 0.05) is 59.9 Å². The van der Waals surface area contributed by atoms with Crippen LogP contribution in [0, 0.1) is 11.7 Å². The molecule has 3 saturated heterocycles. The number of nitrogens with one attached hydrogen (secondary N) is 1. The van der Waals surface area contributed by atoms with Crippen LogP contribution in [0.1, 0.15) is 114 Å². The Labute approximate surface area is 371 Å². The maximum atomic E-state index is 16.7. The summed E-state index contributed by atoms with van der Waals surface area (Å²) in [6.45, 7) is 11.8. The van der Waals surface area contributed by atoms with E-state index in [4.69, 9.17) is 24.2 Å². The number of nitrogens with zero attached hydrogens (tertiary/aromatic N) is 8. The highest BCUT2D eigenvalue weighted by Gasteiger charge is 2.48. The van der Waals surface area contributed by atoms with Crippen molar-refractivity contribution in [3.05, 3.63) is 71.0 Å². The molecule has 6 heterocycles. The van der Waals surface area contributed by atoms with Gasteiger partial charge in [0.15, 0.2) is 0 Å². The van der Waals surface area contributed by atoms with Crippen LogP contribution in [0.4, 0.5) is 15.0 Å². The van der Waals surface area contributed by atoms with Gasteiger partial charge in [-0.3, -0.25) is 5.10 Å². The number of hydrogen-bond acceptors (Lipinski definition) is 12. The summed E-state index contributed by atoms with van der Waals surface area (Å²) in [7, 11) is 0. The monoisotopic (exact) mass is 873 g/mol. The first-order valence-electron chi connectivity index (χ1n) is 22.8. The number of likely N-dealkylation sites (tertiary alicyclic amines) is 1. The number of carbonyl (C=O) groups excluding carboxylic acids is 2. The van der Waals surface area contributed by atoms with Gasteiger partial charge in [-0.1, -0.05) is 42.9 Å². The molecule has 64 heavy (non-hydrogen) atoms. The Morgan fingerprint density at radius 3 is 2.56 bits per heavy atom. The normalized spacial score (nSPS) is 21.9. The molecular formula is C48H56FN9O6. The summed E-state index contributed by atoms with van der Waals surface area (Å²) in [6, 6.07) is 3.30. The van der Waals surface area contributed by atoms with Crippen molar-refractivity contribution in [3.8, 4) is 22.9 Å². The zero-order valence-corrected chi connectivity index (χ0v) is 37.1. The number of ether oxygens (including phenoxy) is 3.